The molecule has 0 spiro atoms. The molecule has 1 N–H and O–H groups in total. The van der Waals surface area contributed by atoms with Crippen molar-refractivity contribution < 1.29 is 14.3 Å². The van der Waals surface area contributed by atoms with Crippen LogP contribution in [0.2, 0.25) is 10.0 Å². The molecular formula is C19H21Cl2N3O3. The quantitative estimate of drug-likeness (QED) is 0.729. The van der Waals surface area contributed by atoms with Gasteiger partial charge in [-0.25, -0.2) is 4.68 Å². The largest absolute Gasteiger partial charge is 0.479 e. The molecular weight excluding hydrogens is 389 g/mol. The second-order valence-corrected chi connectivity index (χ2v) is 7.30. The lowest BCUT2D eigenvalue weighted by atomic mass is 10.2. The van der Waals surface area contributed by atoms with Gasteiger partial charge in [0.15, 0.2) is 11.9 Å². The summed E-state index contributed by atoms with van der Waals surface area (Å²) >= 11 is 12.5. The van der Waals surface area contributed by atoms with Crippen LogP contribution in [-0.4, -0.2) is 27.8 Å². The van der Waals surface area contributed by atoms with Gasteiger partial charge in [-0.3, -0.25) is 4.79 Å². The highest BCUT2D eigenvalue weighted by Crippen LogP contribution is 2.39. The zero-order valence-corrected chi connectivity index (χ0v) is 16.9. The van der Waals surface area contributed by atoms with Gasteiger partial charge >= 0.3 is 0 Å². The normalized spacial score (nSPS) is 14.6. The van der Waals surface area contributed by atoms with E-state index in [-0.39, 0.29) is 11.9 Å². The molecule has 1 aromatic carbocycles. The van der Waals surface area contributed by atoms with E-state index in [2.05, 4.69) is 17.0 Å². The minimum atomic E-state index is -0.695. The molecule has 1 aromatic heterocycles. The summed E-state index contributed by atoms with van der Waals surface area (Å²) in [4.78, 5) is 12.1. The number of aryl methyl sites for hydroxylation is 2. The first kappa shape index (κ1) is 19.6. The van der Waals surface area contributed by atoms with Crippen molar-refractivity contribution in [1.82, 2.24) is 15.1 Å². The number of aromatic nitrogens is 2. The number of hydrogen-bond donors (Lipinski definition) is 1. The Morgan fingerprint density at radius 1 is 1.37 bits per heavy atom. The lowest BCUT2D eigenvalue weighted by molar-refractivity contribution is -0.127. The van der Waals surface area contributed by atoms with Crippen LogP contribution in [0.5, 0.6) is 17.4 Å². The Kier molecular flexibility index (Phi) is 5.67. The van der Waals surface area contributed by atoms with Gasteiger partial charge in [-0.2, -0.15) is 5.10 Å². The molecule has 1 heterocycles. The van der Waals surface area contributed by atoms with Crippen molar-refractivity contribution in [1.29, 1.82) is 0 Å². The monoisotopic (exact) mass is 409 g/mol. The number of rotatable bonds is 7. The molecule has 144 valence electrons. The van der Waals surface area contributed by atoms with Crippen molar-refractivity contribution >= 4 is 35.2 Å². The molecule has 0 unspecified atom stereocenters. The summed E-state index contributed by atoms with van der Waals surface area (Å²) in [5, 5.41) is 7.83. The van der Waals surface area contributed by atoms with E-state index in [0.29, 0.717) is 27.4 Å². The van der Waals surface area contributed by atoms with Gasteiger partial charge < -0.3 is 14.8 Å². The molecule has 3 rings (SSSR count). The summed E-state index contributed by atoms with van der Waals surface area (Å²) in [6.07, 6.45) is 2.99. The summed E-state index contributed by atoms with van der Waals surface area (Å²) in [6, 6.07) is 3.35. The van der Waals surface area contributed by atoms with E-state index >= 15 is 0 Å². The Bertz CT molecular complexity index is 891. The third-order valence-corrected chi connectivity index (χ3v) is 4.80. The van der Waals surface area contributed by atoms with Crippen LogP contribution in [-0.2, 0) is 11.8 Å². The number of carbonyl (C=O) groups excluding carboxylic acids is 1. The molecule has 27 heavy (non-hydrogen) atoms. The first-order chi connectivity index (χ1) is 12.8. The molecule has 0 bridgehead atoms. The number of hydrogen-bond acceptors (Lipinski definition) is 4. The lowest BCUT2D eigenvalue weighted by Crippen LogP contribution is -2.37. The third kappa shape index (κ3) is 4.39. The van der Waals surface area contributed by atoms with Crippen molar-refractivity contribution in [2.24, 2.45) is 7.05 Å². The van der Waals surface area contributed by atoms with Crippen molar-refractivity contribution in [2.45, 2.75) is 38.8 Å². The van der Waals surface area contributed by atoms with Crippen LogP contribution in [0.4, 0.5) is 0 Å². The number of carbonyl (C=O) groups is 1. The van der Waals surface area contributed by atoms with E-state index < -0.39 is 6.10 Å². The maximum absolute atomic E-state index is 12.1. The van der Waals surface area contributed by atoms with E-state index in [4.69, 9.17) is 32.7 Å². The van der Waals surface area contributed by atoms with Gasteiger partial charge in [0.1, 0.15) is 5.75 Å². The number of nitrogens with zero attached hydrogens (tertiary/aromatic N) is 2. The van der Waals surface area contributed by atoms with E-state index in [0.717, 1.165) is 24.1 Å². The molecule has 0 radical (unpaired) electrons. The first-order valence-corrected chi connectivity index (χ1v) is 9.35. The van der Waals surface area contributed by atoms with Crippen molar-refractivity contribution in [3.8, 4) is 17.4 Å². The van der Waals surface area contributed by atoms with Crippen LogP contribution in [0.3, 0.4) is 0 Å². The number of halogens is 2. The predicted octanol–water partition coefficient (Wildman–Crippen LogP) is 4.52. The minimum Gasteiger partial charge on any atom is -0.479 e. The van der Waals surface area contributed by atoms with Crippen molar-refractivity contribution in [3.63, 3.8) is 0 Å². The topological polar surface area (TPSA) is 65.4 Å². The van der Waals surface area contributed by atoms with Gasteiger partial charge in [0.2, 0.25) is 5.88 Å². The maximum Gasteiger partial charge on any atom is 0.260 e. The van der Waals surface area contributed by atoms with Gasteiger partial charge in [-0.05, 0) is 32.8 Å². The van der Waals surface area contributed by atoms with Crippen molar-refractivity contribution in [3.05, 3.63) is 40.0 Å². The SMILES string of the molecule is C=Cc1c(C)nn(C)c1Oc1cc(O[C@@H](C)C(=O)NC2CC2)c(Cl)cc1Cl. The maximum atomic E-state index is 12.1. The van der Waals surface area contributed by atoms with Crippen LogP contribution < -0.4 is 14.8 Å². The van der Waals surface area contributed by atoms with Gasteiger partial charge in [0.25, 0.3) is 5.91 Å². The molecule has 0 aliphatic heterocycles. The zero-order chi connectivity index (χ0) is 19.7. The summed E-state index contributed by atoms with van der Waals surface area (Å²) < 4.78 is 13.3. The molecule has 1 amide bonds. The highest BCUT2D eigenvalue weighted by molar-refractivity contribution is 6.36. The van der Waals surface area contributed by atoms with Crippen LogP contribution in [0.1, 0.15) is 31.0 Å². The van der Waals surface area contributed by atoms with Crippen LogP contribution >= 0.6 is 23.2 Å². The predicted molar refractivity (Wildman–Crippen MR) is 106 cm³/mol. The number of nitrogens with one attached hydrogen (secondary N) is 1. The fourth-order valence-electron chi connectivity index (χ4n) is 2.58. The average Bonchev–Trinajstić information content (AvgIpc) is 3.37. The average molecular weight is 410 g/mol. The van der Waals surface area contributed by atoms with Gasteiger partial charge in [-0.15, -0.1) is 0 Å². The molecule has 0 saturated heterocycles. The number of ether oxygens (including phenoxy) is 2. The zero-order valence-electron chi connectivity index (χ0n) is 15.4. The van der Waals surface area contributed by atoms with Crippen LogP contribution in [0.25, 0.3) is 6.08 Å². The molecule has 1 aliphatic carbocycles. The van der Waals surface area contributed by atoms with E-state index in [1.807, 2.05) is 6.92 Å². The second-order valence-electron chi connectivity index (χ2n) is 6.49. The number of benzene rings is 1. The van der Waals surface area contributed by atoms with E-state index in [9.17, 15) is 4.79 Å². The summed E-state index contributed by atoms with van der Waals surface area (Å²) in [5.74, 6) is 0.977. The van der Waals surface area contributed by atoms with Gasteiger partial charge in [0.05, 0.1) is 21.3 Å². The fourth-order valence-corrected chi connectivity index (χ4v) is 3.05. The number of amides is 1. The van der Waals surface area contributed by atoms with Crippen molar-refractivity contribution in [2.75, 3.05) is 0 Å². The fraction of sp³-hybridized carbons (Fsp3) is 0.368. The molecule has 1 atom stereocenters. The standard InChI is InChI=1S/C19H21Cl2N3O3/c1-5-13-10(2)23-24(4)19(13)27-17-9-16(14(20)8-15(17)21)26-11(3)18(25)22-12-6-7-12/h5,8-9,11-12H,1,6-7H2,2-4H3,(H,22,25)/t11-/m0/s1. The molecule has 1 saturated carbocycles. The van der Waals surface area contributed by atoms with Gasteiger partial charge in [-0.1, -0.05) is 35.9 Å². The highest BCUT2D eigenvalue weighted by atomic mass is 35.5. The molecule has 1 fully saturated rings. The Morgan fingerprint density at radius 3 is 2.67 bits per heavy atom. The van der Waals surface area contributed by atoms with Crippen LogP contribution in [0, 0.1) is 6.92 Å². The minimum absolute atomic E-state index is 0.179. The Labute approximate surface area is 168 Å². The summed E-state index contributed by atoms with van der Waals surface area (Å²) in [7, 11) is 1.76. The van der Waals surface area contributed by atoms with Gasteiger partial charge in [0, 0.05) is 19.2 Å². The molecule has 1 aliphatic rings. The smallest absolute Gasteiger partial charge is 0.260 e. The first-order valence-electron chi connectivity index (χ1n) is 8.60. The van der Waals surface area contributed by atoms with E-state index in [1.54, 1.807) is 30.8 Å². The molecule has 6 nitrogen and oxygen atoms in total. The lowest BCUT2D eigenvalue weighted by Gasteiger charge is -2.17. The third-order valence-electron chi connectivity index (χ3n) is 4.21. The highest BCUT2D eigenvalue weighted by Gasteiger charge is 2.27. The van der Waals surface area contributed by atoms with Crippen LogP contribution in [0.15, 0.2) is 18.7 Å². The Hall–Kier alpha value is -2.18. The molecule has 2 aromatic rings. The van der Waals surface area contributed by atoms with E-state index in [1.165, 1.54) is 6.07 Å². The Balaban J connectivity index is 1.83. The summed E-state index contributed by atoms with van der Waals surface area (Å²) in [6.45, 7) is 7.33. The molecule has 8 heteroatoms. The summed E-state index contributed by atoms with van der Waals surface area (Å²) in [5.41, 5.74) is 1.55. The second kappa shape index (κ2) is 7.82. The Morgan fingerprint density at radius 2 is 2.04 bits per heavy atom.